The maximum absolute atomic E-state index is 11.0. The molecule has 1 unspecified atom stereocenters. The zero-order valence-electron chi connectivity index (χ0n) is 11.2. The van der Waals surface area contributed by atoms with Gasteiger partial charge in [0.05, 0.1) is 5.92 Å². The average molecular weight is 241 g/mol. The Morgan fingerprint density at radius 1 is 1.29 bits per heavy atom. The Morgan fingerprint density at radius 3 is 2.47 bits per heavy atom. The summed E-state index contributed by atoms with van der Waals surface area (Å²) in [4.78, 5) is 13.4. The molecule has 3 N–H and O–H groups in total. The summed E-state index contributed by atoms with van der Waals surface area (Å²) in [6.45, 7) is 9.40. The summed E-state index contributed by atoms with van der Waals surface area (Å²) in [5, 5.41) is 3.37. The number of nitrogens with one attached hydrogen (secondary N) is 1. The third-order valence-corrected chi connectivity index (χ3v) is 3.65. The summed E-state index contributed by atoms with van der Waals surface area (Å²) in [7, 11) is 0. The quantitative estimate of drug-likeness (QED) is 0.769. The van der Waals surface area contributed by atoms with Gasteiger partial charge in [0.1, 0.15) is 0 Å². The van der Waals surface area contributed by atoms with E-state index in [1.54, 1.807) is 0 Å². The van der Waals surface area contributed by atoms with Crippen LogP contribution in [0, 0.1) is 11.8 Å². The van der Waals surface area contributed by atoms with Crippen LogP contribution in [0.2, 0.25) is 0 Å². The van der Waals surface area contributed by atoms with Gasteiger partial charge in [0.2, 0.25) is 5.91 Å². The van der Waals surface area contributed by atoms with Gasteiger partial charge in [0, 0.05) is 13.1 Å². The molecule has 0 spiro atoms. The van der Waals surface area contributed by atoms with Crippen molar-refractivity contribution in [2.24, 2.45) is 17.6 Å². The number of carbonyl (C=O) groups excluding carboxylic acids is 1. The van der Waals surface area contributed by atoms with Crippen LogP contribution in [0.4, 0.5) is 0 Å². The van der Waals surface area contributed by atoms with Gasteiger partial charge in [-0.15, -0.1) is 0 Å². The van der Waals surface area contributed by atoms with Crippen molar-refractivity contribution in [3.63, 3.8) is 0 Å². The van der Waals surface area contributed by atoms with Crippen molar-refractivity contribution in [1.82, 2.24) is 10.2 Å². The molecule has 0 bridgehead atoms. The van der Waals surface area contributed by atoms with E-state index in [1.807, 2.05) is 13.8 Å². The monoisotopic (exact) mass is 241 g/mol. The number of hydrogen-bond donors (Lipinski definition) is 2. The maximum Gasteiger partial charge on any atom is 0.221 e. The molecule has 4 nitrogen and oxygen atoms in total. The molecular formula is C13H27N3O. The normalized spacial score (nSPS) is 26.4. The van der Waals surface area contributed by atoms with Crippen molar-refractivity contribution in [1.29, 1.82) is 0 Å². The average Bonchev–Trinajstić information content (AvgIpc) is 2.82. The van der Waals surface area contributed by atoms with Crippen LogP contribution < -0.4 is 11.1 Å². The first-order valence-electron chi connectivity index (χ1n) is 6.98. The van der Waals surface area contributed by atoms with Crippen molar-refractivity contribution in [2.45, 2.75) is 33.1 Å². The standard InChI is InChI=1S/C11H21N3O.C2H6/c12-11(15)10-3-6-14(8-10)7-9-1-4-13-5-2-9;1-2/h9-10,13H,1-8H2,(H2,12,15);1-2H3. The van der Waals surface area contributed by atoms with Crippen LogP contribution in [-0.4, -0.2) is 43.5 Å². The Labute approximate surface area is 105 Å². The van der Waals surface area contributed by atoms with Crippen LogP contribution in [0.25, 0.3) is 0 Å². The minimum absolute atomic E-state index is 0.103. The number of carbonyl (C=O) groups is 1. The van der Waals surface area contributed by atoms with Gasteiger partial charge in [0.15, 0.2) is 0 Å². The van der Waals surface area contributed by atoms with Gasteiger partial charge in [0.25, 0.3) is 0 Å². The Balaban J connectivity index is 0.000000686. The lowest BCUT2D eigenvalue weighted by molar-refractivity contribution is -0.121. The van der Waals surface area contributed by atoms with Gasteiger partial charge >= 0.3 is 0 Å². The van der Waals surface area contributed by atoms with Gasteiger partial charge in [-0.05, 0) is 44.8 Å². The van der Waals surface area contributed by atoms with E-state index in [0.29, 0.717) is 0 Å². The second-order valence-corrected chi connectivity index (χ2v) is 4.84. The highest BCUT2D eigenvalue weighted by Gasteiger charge is 2.28. The van der Waals surface area contributed by atoms with Crippen molar-refractivity contribution < 1.29 is 4.79 Å². The number of nitrogens with zero attached hydrogens (tertiary/aromatic N) is 1. The highest BCUT2D eigenvalue weighted by Crippen LogP contribution is 2.20. The van der Waals surface area contributed by atoms with Crippen molar-refractivity contribution in [3.05, 3.63) is 0 Å². The van der Waals surface area contributed by atoms with Crippen molar-refractivity contribution in [2.75, 3.05) is 32.7 Å². The molecule has 0 aromatic carbocycles. The van der Waals surface area contributed by atoms with E-state index in [1.165, 1.54) is 12.8 Å². The zero-order chi connectivity index (χ0) is 12.7. The molecule has 1 atom stereocenters. The number of nitrogens with two attached hydrogens (primary N) is 1. The van der Waals surface area contributed by atoms with Crippen LogP contribution in [0.3, 0.4) is 0 Å². The number of likely N-dealkylation sites (tertiary alicyclic amines) is 1. The Hall–Kier alpha value is -0.610. The van der Waals surface area contributed by atoms with E-state index in [9.17, 15) is 4.79 Å². The molecule has 17 heavy (non-hydrogen) atoms. The fraction of sp³-hybridized carbons (Fsp3) is 0.923. The number of primary amides is 1. The first-order valence-corrected chi connectivity index (χ1v) is 6.98. The maximum atomic E-state index is 11.0. The van der Waals surface area contributed by atoms with Crippen LogP contribution in [-0.2, 0) is 4.79 Å². The second kappa shape index (κ2) is 7.67. The number of amides is 1. The third kappa shape index (κ3) is 4.64. The van der Waals surface area contributed by atoms with Crippen LogP contribution in [0.15, 0.2) is 0 Å². The predicted molar refractivity (Wildman–Crippen MR) is 70.7 cm³/mol. The Bertz CT molecular complexity index is 227. The Kier molecular flexibility index (Phi) is 6.52. The van der Waals surface area contributed by atoms with Gasteiger partial charge in [-0.1, -0.05) is 13.8 Å². The van der Waals surface area contributed by atoms with E-state index < -0.39 is 0 Å². The van der Waals surface area contributed by atoms with Crippen LogP contribution in [0.1, 0.15) is 33.1 Å². The van der Waals surface area contributed by atoms with E-state index >= 15 is 0 Å². The third-order valence-electron chi connectivity index (χ3n) is 3.65. The molecule has 2 fully saturated rings. The fourth-order valence-corrected chi connectivity index (χ4v) is 2.66. The lowest BCUT2D eigenvalue weighted by Crippen LogP contribution is -2.36. The summed E-state index contributed by atoms with van der Waals surface area (Å²) < 4.78 is 0. The molecule has 1 amide bonds. The molecule has 2 aliphatic rings. The number of piperidine rings is 1. The summed E-state index contributed by atoms with van der Waals surface area (Å²) in [5.41, 5.74) is 5.32. The molecule has 0 radical (unpaired) electrons. The SMILES string of the molecule is CC.NC(=O)C1CCN(CC2CCNCC2)C1. The summed E-state index contributed by atoms with van der Waals surface area (Å²) >= 11 is 0. The van der Waals surface area contributed by atoms with Crippen molar-refractivity contribution >= 4 is 5.91 Å². The fourth-order valence-electron chi connectivity index (χ4n) is 2.66. The van der Waals surface area contributed by atoms with Crippen molar-refractivity contribution in [3.8, 4) is 0 Å². The van der Waals surface area contributed by atoms with E-state index in [-0.39, 0.29) is 11.8 Å². The molecule has 0 saturated carbocycles. The first-order chi connectivity index (χ1) is 8.25. The molecule has 4 heteroatoms. The van der Waals surface area contributed by atoms with Gasteiger partial charge < -0.3 is 16.0 Å². The lowest BCUT2D eigenvalue weighted by Gasteiger charge is -2.27. The molecule has 2 saturated heterocycles. The van der Waals surface area contributed by atoms with Crippen LogP contribution in [0.5, 0.6) is 0 Å². The number of hydrogen-bond acceptors (Lipinski definition) is 3. The summed E-state index contributed by atoms with van der Waals surface area (Å²) in [5.74, 6) is 0.799. The molecule has 0 aliphatic carbocycles. The van der Waals surface area contributed by atoms with E-state index in [2.05, 4.69) is 10.2 Å². The van der Waals surface area contributed by atoms with Crippen LogP contribution >= 0.6 is 0 Å². The van der Waals surface area contributed by atoms with E-state index in [0.717, 1.165) is 45.1 Å². The van der Waals surface area contributed by atoms with Gasteiger partial charge in [-0.25, -0.2) is 0 Å². The largest absolute Gasteiger partial charge is 0.369 e. The second-order valence-electron chi connectivity index (χ2n) is 4.84. The first kappa shape index (κ1) is 14.5. The number of rotatable bonds is 3. The highest BCUT2D eigenvalue weighted by atomic mass is 16.1. The molecule has 0 aromatic heterocycles. The molecule has 2 heterocycles. The minimum atomic E-state index is -0.122. The molecular weight excluding hydrogens is 214 g/mol. The molecule has 100 valence electrons. The predicted octanol–water partition coefficient (Wildman–Crippen LogP) is 0.819. The lowest BCUT2D eigenvalue weighted by atomic mass is 9.98. The molecule has 0 aromatic rings. The highest BCUT2D eigenvalue weighted by molar-refractivity contribution is 5.77. The zero-order valence-corrected chi connectivity index (χ0v) is 11.2. The summed E-state index contributed by atoms with van der Waals surface area (Å²) in [6.07, 6.45) is 3.51. The minimum Gasteiger partial charge on any atom is -0.369 e. The summed E-state index contributed by atoms with van der Waals surface area (Å²) in [6, 6.07) is 0. The molecule has 2 aliphatic heterocycles. The smallest absolute Gasteiger partial charge is 0.221 e. The van der Waals surface area contributed by atoms with E-state index in [4.69, 9.17) is 5.73 Å². The molecule has 2 rings (SSSR count). The van der Waals surface area contributed by atoms with Gasteiger partial charge in [-0.3, -0.25) is 4.79 Å². The van der Waals surface area contributed by atoms with Gasteiger partial charge in [-0.2, -0.15) is 0 Å². The topological polar surface area (TPSA) is 58.4 Å². The Morgan fingerprint density at radius 2 is 1.94 bits per heavy atom.